The van der Waals surface area contributed by atoms with Crippen LogP contribution in [0.15, 0.2) is 24.3 Å². The molecule has 1 aliphatic rings. The lowest BCUT2D eigenvalue weighted by molar-refractivity contribution is -0.142. The number of esters is 1. The molecule has 0 saturated heterocycles. The molecule has 0 unspecified atom stereocenters. The lowest BCUT2D eigenvalue weighted by atomic mass is 10.1. The van der Waals surface area contributed by atoms with Gasteiger partial charge in [-0.05, 0) is 24.1 Å². The van der Waals surface area contributed by atoms with E-state index in [-0.39, 0.29) is 18.3 Å². The van der Waals surface area contributed by atoms with E-state index in [9.17, 15) is 9.59 Å². The first kappa shape index (κ1) is 12.4. The summed E-state index contributed by atoms with van der Waals surface area (Å²) in [4.78, 5) is 22.3. The number of anilines is 1. The Balaban J connectivity index is 1.99. The first-order valence-electron chi connectivity index (χ1n) is 5.94. The third-order valence-electron chi connectivity index (χ3n) is 2.66. The quantitative estimate of drug-likeness (QED) is 0.827. The second kappa shape index (κ2) is 5.49. The SMILES string of the molecule is CCOC(=O)CC=Cc1ccc2c(c1)NC(=O)C2. The van der Waals surface area contributed by atoms with Crippen LogP contribution in [0.2, 0.25) is 0 Å². The Morgan fingerprint density at radius 3 is 3.11 bits per heavy atom. The van der Waals surface area contributed by atoms with Crippen LogP contribution in [0.3, 0.4) is 0 Å². The van der Waals surface area contributed by atoms with Gasteiger partial charge in [-0.2, -0.15) is 0 Å². The van der Waals surface area contributed by atoms with Crippen molar-refractivity contribution < 1.29 is 14.3 Å². The molecule has 1 aliphatic heterocycles. The largest absolute Gasteiger partial charge is 0.466 e. The van der Waals surface area contributed by atoms with Crippen LogP contribution in [-0.4, -0.2) is 18.5 Å². The van der Waals surface area contributed by atoms with Crippen molar-refractivity contribution >= 4 is 23.6 Å². The normalized spacial score (nSPS) is 13.5. The lowest BCUT2D eigenvalue weighted by Gasteiger charge is -2.00. The Hall–Kier alpha value is -2.10. The summed E-state index contributed by atoms with van der Waals surface area (Å²) < 4.78 is 4.82. The van der Waals surface area contributed by atoms with Crippen LogP contribution < -0.4 is 5.32 Å². The first-order chi connectivity index (χ1) is 8.69. The molecular formula is C14H15NO3. The summed E-state index contributed by atoms with van der Waals surface area (Å²) in [7, 11) is 0. The van der Waals surface area contributed by atoms with Crippen molar-refractivity contribution in [3.63, 3.8) is 0 Å². The Labute approximate surface area is 106 Å². The van der Waals surface area contributed by atoms with Gasteiger partial charge in [-0.1, -0.05) is 24.3 Å². The highest BCUT2D eigenvalue weighted by Crippen LogP contribution is 2.24. The number of ether oxygens (including phenoxy) is 1. The number of benzene rings is 1. The average molecular weight is 245 g/mol. The topological polar surface area (TPSA) is 55.4 Å². The Morgan fingerprint density at radius 2 is 2.33 bits per heavy atom. The number of carbonyl (C=O) groups excluding carboxylic acids is 2. The number of hydrogen-bond acceptors (Lipinski definition) is 3. The van der Waals surface area contributed by atoms with Crippen LogP contribution in [-0.2, 0) is 20.7 Å². The zero-order valence-electron chi connectivity index (χ0n) is 10.2. The maximum atomic E-state index is 11.2. The molecule has 0 aliphatic carbocycles. The number of carbonyl (C=O) groups is 2. The molecule has 1 heterocycles. The summed E-state index contributed by atoms with van der Waals surface area (Å²) in [5.41, 5.74) is 2.83. The zero-order valence-corrected chi connectivity index (χ0v) is 10.2. The van der Waals surface area contributed by atoms with E-state index >= 15 is 0 Å². The zero-order chi connectivity index (χ0) is 13.0. The monoisotopic (exact) mass is 245 g/mol. The van der Waals surface area contributed by atoms with E-state index < -0.39 is 0 Å². The smallest absolute Gasteiger partial charge is 0.309 e. The van der Waals surface area contributed by atoms with Gasteiger partial charge >= 0.3 is 5.97 Å². The summed E-state index contributed by atoms with van der Waals surface area (Å²) >= 11 is 0. The predicted molar refractivity (Wildman–Crippen MR) is 69.1 cm³/mol. The third-order valence-corrected chi connectivity index (χ3v) is 2.66. The van der Waals surface area contributed by atoms with E-state index in [0.29, 0.717) is 13.0 Å². The van der Waals surface area contributed by atoms with Crippen molar-refractivity contribution in [1.82, 2.24) is 0 Å². The van der Waals surface area contributed by atoms with Gasteiger partial charge in [0, 0.05) is 5.69 Å². The second-order valence-corrected chi connectivity index (χ2v) is 4.05. The highest BCUT2D eigenvalue weighted by atomic mass is 16.5. The van der Waals surface area contributed by atoms with Crippen LogP contribution >= 0.6 is 0 Å². The highest BCUT2D eigenvalue weighted by Gasteiger charge is 2.16. The molecule has 0 saturated carbocycles. The molecule has 1 aromatic carbocycles. The van der Waals surface area contributed by atoms with Gasteiger partial charge in [0.2, 0.25) is 5.91 Å². The molecular weight excluding hydrogens is 230 g/mol. The van der Waals surface area contributed by atoms with Gasteiger partial charge < -0.3 is 10.1 Å². The van der Waals surface area contributed by atoms with Gasteiger partial charge in [0.05, 0.1) is 19.4 Å². The van der Waals surface area contributed by atoms with Crippen molar-refractivity contribution in [3.8, 4) is 0 Å². The van der Waals surface area contributed by atoms with E-state index in [1.807, 2.05) is 24.3 Å². The summed E-state index contributed by atoms with van der Waals surface area (Å²) in [6.07, 6.45) is 4.32. The Kier molecular flexibility index (Phi) is 3.77. The maximum Gasteiger partial charge on any atom is 0.309 e. The molecule has 4 nitrogen and oxygen atoms in total. The highest BCUT2D eigenvalue weighted by molar-refractivity contribution is 5.99. The fourth-order valence-electron chi connectivity index (χ4n) is 1.85. The van der Waals surface area contributed by atoms with Gasteiger partial charge in [0.1, 0.15) is 0 Å². The van der Waals surface area contributed by atoms with Crippen LogP contribution in [0.5, 0.6) is 0 Å². The molecule has 0 fully saturated rings. The molecule has 1 amide bonds. The van der Waals surface area contributed by atoms with Crippen molar-refractivity contribution in [3.05, 3.63) is 35.4 Å². The minimum absolute atomic E-state index is 0.0256. The third kappa shape index (κ3) is 2.97. The molecule has 18 heavy (non-hydrogen) atoms. The minimum atomic E-state index is -0.233. The number of hydrogen-bond donors (Lipinski definition) is 1. The fourth-order valence-corrected chi connectivity index (χ4v) is 1.85. The molecule has 1 aromatic rings. The molecule has 0 atom stereocenters. The van der Waals surface area contributed by atoms with E-state index in [4.69, 9.17) is 4.74 Å². The van der Waals surface area contributed by atoms with Gasteiger partial charge in [0.15, 0.2) is 0 Å². The fraction of sp³-hybridized carbons (Fsp3) is 0.286. The second-order valence-electron chi connectivity index (χ2n) is 4.05. The summed E-state index contributed by atoms with van der Waals surface area (Å²) in [6.45, 7) is 2.18. The average Bonchev–Trinajstić information content (AvgIpc) is 2.69. The van der Waals surface area contributed by atoms with Crippen molar-refractivity contribution in [2.24, 2.45) is 0 Å². The van der Waals surface area contributed by atoms with Crippen molar-refractivity contribution in [2.75, 3.05) is 11.9 Å². The molecule has 94 valence electrons. The maximum absolute atomic E-state index is 11.2. The molecule has 0 bridgehead atoms. The molecule has 0 radical (unpaired) electrons. The number of amides is 1. The van der Waals surface area contributed by atoms with Crippen molar-refractivity contribution in [2.45, 2.75) is 19.8 Å². The molecule has 0 spiro atoms. The molecule has 2 rings (SSSR count). The van der Waals surface area contributed by atoms with E-state index in [1.54, 1.807) is 13.0 Å². The molecule has 1 N–H and O–H groups in total. The van der Waals surface area contributed by atoms with Gasteiger partial charge in [-0.15, -0.1) is 0 Å². The van der Waals surface area contributed by atoms with Crippen LogP contribution in [0.25, 0.3) is 6.08 Å². The number of rotatable bonds is 4. The summed E-state index contributed by atoms with van der Waals surface area (Å²) in [5, 5.41) is 2.79. The first-order valence-corrected chi connectivity index (χ1v) is 5.94. The van der Waals surface area contributed by atoms with Crippen LogP contribution in [0.4, 0.5) is 5.69 Å². The van der Waals surface area contributed by atoms with E-state index in [1.165, 1.54) is 0 Å². The van der Waals surface area contributed by atoms with Gasteiger partial charge in [0.25, 0.3) is 0 Å². The lowest BCUT2D eigenvalue weighted by Crippen LogP contribution is -2.03. The summed E-state index contributed by atoms with van der Waals surface area (Å²) in [5.74, 6) is -0.208. The Morgan fingerprint density at radius 1 is 1.50 bits per heavy atom. The van der Waals surface area contributed by atoms with E-state index in [0.717, 1.165) is 16.8 Å². The van der Waals surface area contributed by atoms with Gasteiger partial charge in [-0.25, -0.2) is 0 Å². The van der Waals surface area contributed by atoms with Crippen molar-refractivity contribution in [1.29, 1.82) is 0 Å². The van der Waals surface area contributed by atoms with Gasteiger partial charge in [-0.3, -0.25) is 9.59 Å². The Bertz CT molecular complexity index is 506. The molecule has 4 heteroatoms. The standard InChI is InChI=1S/C14H15NO3/c1-2-18-14(17)5-3-4-10-6-7-11-9-13(16)15-12(11)8-10/h3-4,6-8H,2,5,9H2,1H3,(H,15,16). The van der Waals surface area contributed by atoms with Crippen LogP contribution in [0.1, 0.15) is 24.5 Å². The summed E-state index contributed by atoms with van der Waals surface area (Å²) in [6, 6.07) is 5.76. The minimum Gasteiger partial charge on any atom is -0.466 e. The number of nitrogens with one attached hydrogen (secondary N) is 1. The molecule has 0 aromatic heterocycles. The van der Waals surface area contributed by atoms with E-state index in [2.05, 4.69) is 5.32 Å². The van der Waals surface area contributed by atoms with Crippen LogP contribution in [0, 0.1) is 0 Å². The predicted octanol–water partition coefficient (Wildman–Crippen LogP) is 2.15. The number of fused-ring (bicyclic) bond motifs is 1.